The van der Waals surface area contributed by atoms with Gasteiger partial charge in [-0.2, -0.15) is 4.98 Å². The van der Waals surface area contributed by atoms with Gasteiger partial charge < -0.3 is 14.0 Å². The Morgan fingerprint density at radius 3 is 2.81 bits per heavy atom. The average molecular weight is 282 g/mol. The molecule has 0 aliphatic carbocycles. The van der Waals surface area contributed by atoms with E-state index in [1.165, 1.54) is 0 Å². The minimum Gasteiger partial charge on any atom is -0.454 e. The third-order valence-corrected chi connectivity index (χ3v) is 3.06. The normalized spacial score (nSPS) is 12.6. The van der Waals surface area contributed by atoms with Gasteiger partial charge in [0.15, 0.2) is 11.5 Å². The van der Waals surface area contributed by atoms with Gasteiger partial charge >= 0.3 is 0 Å². The minimum absolute atomic E-state index is 0.231. The lowest BCUT2D eigenvalue weighted by atomic mass is 10.2. The van der Waals surface area contributed by atoms with Gasteiger partial charge in [-0.1, -0.05) is 5.16 Å². The summed E-state index contributed by atoms with van der Waals surface area (Å²) < 4.78 is 15.8. The topological polar surface area (TPSA) is 83.2 Å². The third-order valence-electron chi connectivity index (χ3n) is 3.06. The summed E-state index contributed by atoms with van der Waals surface area (Å²) >= 11 is 0. The van der Waals surface area contributed by atoms with Crippen LogP contribution in [0.1, 0.15) is 5.69 Å². The van der Waals surface area contributed by atoms with Crippen molar-refractivity contribution in [1.82, 2.24) is 20.1 Å². The number of benzene rings is 1. The lowest BCUT2D eigenvalue weighted by Crippen LogP contribution is -1.92. The summed E-state index contributed by atoms with van der Waals surface area (Å²) in [7, 11) is 0. The second-order valence-electron chi connectivity index (χ2n) is 4.53. The number of aromatic nitrogens is 4. The minimum atomic E-state index is 0.231. The van der Waals surface area contributed by atoms with Crippen LogP contribution >= 0.6 is 0 Å². The quantitative estimate of drug-likeness (QED) is 0.712. The number of hydrogen-bond donors (Lipinski definition) is 0. The molecule has 0 unspecified atom stereocenters. The van der Waals surface area contributed by atoms with Gasteiger partial charge in [-0.25, -0.2) is 4.98 Å². The fourth-order valence-electron chi connectivity index (χ4n) is 1.98. The van der Waals surface area contributed by atoms with Crippen LogP contribution in [0.4, 0.5) is 0 Å². The predicted octanol–water partition coefficient (Wildman–Crippen LogP) is 2.23. The van der Waals surface area contributed by atoms with Crippen molar-refractivity contribution in [3.05, 3.63) is 36.3 Å². The molecule has 7 heteroatoms. The van der Waals surface area contributed by atoms with E-state index in [0.717, 1.165) is 11.3 Å². The molecule has 0 amide bonds. The van der Waals surface area contributed by atoms with Gasteiger partial charge in [0.05, 0.1) is 11.9 Å². The first-order chi connectivity index (χ1) is 10.3. The molecule has 21 heavy (non-hydrogen) atoms. The summed E-state index contributed by atoms with van der Waals surface area (Å²) in [5, 5.41) is 3.96. The highest BCUT2D eigenvalue weighted by molar-refractivity contribution is 5.62. The van der Waals surface area contributed by atoms with Crippen molar-refractivity contribution in [2.75, 3.05) is 6.79 Å². The molecule has 1 aliphatic heterocycles. The van der Waals surface area contributed by atoms with Crippen molar-refractivity contribution in [2.24, 2.45) is 0 Å². The molecule has 2 aromatic heterocycles. The van der Waals surface area contributed by atoms with E-state index in [4.69, 9.17) is 14.0 Å². The fourth-order valence-corrected chi connectivity index (χ4v) is 1.98. The van der Waals surface area contributed by atoms with E-state index < -0.39 is 0 Å². The van der Waals surface area contributed by atoms with Crippen molar-refractivity contribution in [2.45, 2.75) is 6.92 Å². The average Bonchev–Trinajstić information content (AvgIpc) is 3.16. The van der Waals surface area contributed by atoms with Crippen LogP contribution < -0.4 is 9.47 Å². The number of hydrogen-bond acceptors (Lipinski definition) is 7. The molecule has 7 nitrogen and oxygen atoms in total. The fraction of sp³-hybridized carbons (Fsp3) is 0.143. The molecule has 1 aliphatic rings. The molecule has 0 atom stereocenters. The maximum absolute atomic E-state index is 5.33. The monoisotopic (exact) mass is 282 g/mol. The molecule has 0 saturated carbocycles. The van der Waals surface area contributed by atoms with Crippen LogP contribution in [0.3, 0.4) is 0 Å². The second kappa shape index (κ2) is 4.55. The Balaban J connectivity index is 1.69. The van der Waals surface area contributed by atoms with E-state index in [1.54, 1.807) is 12.4 Å². The van der Waals surface area contributed by atoms with Gasteiger partial charge in [0.1, 0.15) is 5.69 Å². The van der Waals surface area contributed by atoms with E-state index in [1.807, 2.05) is 25.1 Å². The Morgan fingerprint density at radius 1 is 1.05 bits per heavy atom. The highest BCUT2D eigenvalue weighted by atomic mass is 16.7. The number of fused-ring (bicyclic) bond motifs is 1. The molecule has 3 heterocycles. The number of nitrogens with zero attached hydrogens (tertiary/aromatic N) is 4. The Labute approximate surface area is 119 Å². The predicted molar refractivity (Wildman–Crippen MR) is 71.6 cm³/mol. The number of aryl methyl sites for hydroxylation is 1. The van der Waals surface area contributed by atoms with Gasteiger partial charge in [-0.3, -0.25) is 4.98 Å². The summed E-state index contributed by atoms with van der Waals surface area (Å²) in [5.41, 5.74) is 2.16. The van der Waals surface area contributed by atoms with Crippen LogP contribution in [-0.2, 0) is 0 Å². The highest BCUT2D eigenvalue weighted by Crippen LogP contribution is 2.35. The van der Waals surface area contributed by atoms with Crippen molar-refractivity contribution < 1.29 is 14.0 Å². The Morgan fingerprint density at radius 2 is 1.95 bits per heavy atom. The molecule has 104 valence electrons. The van der Waals surface area contributed by atoms with Gasteiger partial charge in [0.25, 0.3) is 5.89 Å². The number of ether oxygens (including phenoxy) is 2. The van der Waals surface area contributed by atoms with Crippen molar-refractivity contribution in [3.63, 3.8) is 0 Å². The zero-order valence-corrected chi connectivity index (χ0v) is 11.1. The molecule has 0 saturated heterocycles. The largest absolute Gasteiger partial charge is 0.454 e. The second-order valence-corrected chi connectivity index (χ2v) is 4.53. The number of rotatable bonds is 2. The van der Waals surface area contributed by atoms with Crippen LogP contribution in [0.15, 0.2) is 35.1 Å². The molecule has 0 spiro atoms. The first kappa shape index (κ1) is 11.8. The maximum Gasteiger partial charge on any atom is 0.278 e. The van der Waals surface area contributed by atoms with Crippen LogP contribution in [0.5, 0.6) is 11.5 Å². The summed E-state index contributed by atoms with van der Waals surface area (Å²) in [5.74, 6) is 2.18. The van der Waals surface area contributed by atoms with Gasteiger partial charge in [-0.05, 0) is 25.1 Å². The van der Waals surface area contributed by atoms with E-state index in [2.05, 4.69) is 20.1 Å². The van der Waals surface area contributed by atoms with Crippen molar-refractivity contribution in [1.29, 1.82) is 0 Å². The molecule has 0 fully saturated rings. The lowest BCUT2D eigenvalue weighted by Gasteiger charge is -1.97. The highest BCUT2D eigenvalue weighted by Gasteiger charge is 2.17. The van der Waals surface area contributed by atoms with Crippen molar-refractivity contribution in [3.8, 4) is 34.5 Å². The zero-order valence-electron chi connectivity index (χ0n) is 11.1. The van der Waals surface area contributed by atoms with Crippen LogP contribution in [0, 0.1) is 6.92 Å². The van der Waals surface area contributed by atoms with E-state index in [0.29, 0.717) is 28.9 Å². The Bertz CT molecular complexity index is 798. The smallest absolute Gasteiger partial charge is 0.278 e. The summed E-state index contributed by atoms with van der Waals surface area (Å²) in [6.45, 7) is 2.10. The first-order valence-corrected chi connectivity index (χ1v) is 6.32. The molecule has 0 bridgehead atoms. The van der Waals surface area contributed by atoms with E-state index in [-0.39, 0.29) is 6.79 Å². The lowest BCUT2D eigenvalue weighted by molar-refractivity contribution is 0.174. The van der Waals surface area contributed by atoms with Crippen LogP contribution in [-0.4, -0.2) is 26.9 Å². The van der Waals surface area contributed by atoms with Gasteiger partial charge in [0.2, 0.25) is 12.6 Å². The first-order valence-electron chi connectivity index (χ1n) is 6.32. The molecule has 0 radical (unpaired) electrons. The molecular weight excluding hydrogens is 272 g/mol. The molecule has 3 aromatic rings. The van der Waals surface area contributed by atoms with Gasteiger partial charge in [0, 0.05) is 11.8 Å². The summed E-state index contributed by atoms with van der Waals surface area (Å²) in [6.07, 6.45) is 3.26. The molecule has 1 aromatic carbocycles. The van der Waals surface area contributed by atoms with Crippen molar-refractivity contribution >= 4 is 0 Å². The Kier molecular flexibility index (Phi) is 2.56. The third kappa shape index (κ3) is 2.08. The molecular formula is C14H10N4O3. The summed E-state index contributed by atoms with van der Waals surface area (Å²) in [4.78, 5) is 12.7. The maximum atomic E-state index is 5.33. The Hall–Kier alpha value is -2.96. The standard InChI is InChI=1S/C14H10N4O3/c1-8-5-16-10(6-15-8)14-17-13(18-21-14)9-2-3-11-12(4-9)20-7-19-11/h2-6H,7H2,1H3. The van der Waals surface area contributed by atoms with Crippen LogP contribution in [0.2, 0.25) is 0 Å². The van der Waals surface area contributed by atoms with E-state index >= 15 is 0 Å². The summed E-state index contributed by atoms with van der Waals surface area (Å²) in [6, 6.07) is 5.49. The molecule has 0 N–H and O–H groups in total. The molecule has 4 rings (SSSR count). The van der Waals surface area contributed by atoms with Crippen LogP contribution in [0.25, 0.3) is 23.0 Å². The van der Waals surface area contributed by atoms with Gasteiger partial charge in [-0.15, -0.1) is 0 Å². The van der Waals surface area contributed by atoms with E-state index in [9.17, 15) is 0 Å². The zero-order chi connectivity index (χ0) is 14.2. The SMILES string of the molecule is Cc1cnc(-c2nc(-c3ccc4c(c3)OCO4)no2)cn1.